The fourth-order valence-electron chi connectivity index (χ4n) is 2.97. The van der Waals surface area contributed by atoms with Gasteiger partial charge in [0, 0.05) is 18.8 Å². The number of nitrogens with two attached hydrogens (primary N) is 1. The number of amidine groups is 1. The summed E-state index contributed by atoms with van der Waals surface area (Å²) in [6.07, 6.45) is 3.70. The maximum Gasteiger partial charge on any atom is 0.140 e. The smallest absolute Gasteiger partial charge is 0.140 e. The molecule has 2 heterocycles. The molecule has 1 saturated heterocycles. The lowest BCUT2D eigenvalue weighted by atomic mass is 9.95. The van der Waals surface area contributed by atoms with Crippen LogP contribution in [0.5, 0.6) is 0 Å². The topological polar surface area (TPSA) is 66.0 Å². The Hall–Kier alpha value is -1.58. The average Bonchev–Trinajstić information content (AvgIpc) is 2.37. The molecule has 1 aromatic heterocycles. The highest BCUT2D eigenvalue weighted by Crippen LogP contribution is 2.28. The van der Waals surface area contributed by atoms with E-state index in [9.17, 15) is 0 Å². The van der Waals surface area contributed by atoms with E-state index in [1.54, 1.807) is 0 Å². The standard InChI is InChI=1S/C15H24N4/c1-4-12-6-5-7-19(9-12)15-13(14(16)17)10(2)8-11(3)18-15/h8,12H,4-7,9H2,1-3H3,(H3,16,17). The molecule has 1 aliphatic heterocycles. The Balaban J connectivity index is 2.40. The third-order valence-corrected chi connectivity index (χ3v) is 3.99. The van der Waals surface area contributed by atoms with Gasteiger partial charge in [-0.1, -0.05) is 13.3 Å². The molecule has 104 valence electrons. The van der Waals surface area contributed by atoms with Gasteiger partial charge in [-0.25, -0.2) is 4.98 Å². The van der Waals surface area contributed by atoms with Gasteiger partial charge in [0.05, 0.1) is 5.56 Å². The first kappa shape index (κ1) is 13.8. The molecule has 0 spiro atoms. The average molecular weight is 260 g/mol. The van der Waals surface area contributed by atoms with E-state index >= 15 is 0 Å². The summed E-state index contributed by atoms with van der Waals surface area (Å²) in [5.41, 5.74) is 8.61. The molecule has 0 radical (unpaired) electrons. The van der Waals surface area contributed by atoms with Crippen LogP contribution in [0.2, 0.25) is 0 Å². The molecule has 0 saturated carbocycles. The summed E-state index contributed by atoms with van der Waals surface area (Å²) in [6.45, 7) is 8.31. The quantitative estimate of drug-likeness (QED) is 0.648. The number of nitrogens with zero attached hydrogens (tertiary/aromatic N) is 2. The van der Waals surface area contributed by atoms with Crippen molar-refractivity contribution < 1.29 is 0 Å². The van der Waals surface area contributed by atoms with Crippen molar-refractivity contribution >= 4 is 11.7 Å². The van der Waals surface area contributed by atoms with Crippen molar-refractivity contribution in [3.63, 3.8) is 0 Å². The summed E-state index contributed by atoms with van der Waals surface area (Å²) in [7, 11) is 0. The van der Waals surface area contributed by atoms with Crippen LogP contribution in [0, 0.1) is 25.2 Å². The zero-order valence-corrected chi connectivity index (χ0v) is 12.2. The molecule has 2 rings (SSSR count). The maximum atomic E-state index is 7.81. The Kier molecular flexibility index (Phi) is 4.08. The Morgan fingerprint density at radius 2 is 2.26 bits per heavy atom. The number of nitrogen functional groups attached to an aromatic ring is 1. The summed E-state index contributed by atoms with van der Waals surface area (Å²) in [6, 6.07) is 2.00. The van der Waals surface area contributed by atoms with E-state index < -0.39 is 0 Å². The molecule has 0 aromatic carbocycles. The zero-order valence-electron chi connectivity index (χ0n) is 12.2. The molecule has 0 amide bonds. The van der Waals surface area contributed by atoms with Crippen LogP contribution >= 0.6 is 0 Å². The summed E-state index contributed by atoms with van der Waals surface area (Å²) in [4.78, 5) is 6.97. The van der Waals surface area contributed by atoms with Gasteiger partial charge in [-0.2, -0.15) is 0 Å². The highest BCUT2D eigenvalue weighted by molar-refractivity contribution is 6.01. The molecule has 19 heavy (non-hydrogen) atoms. The second-order valence-electron chi connectivity index (χ2n) is 5.56. The lowest BCUT2D eigenvalue weighted by molar-refractivity contribution is 0.403. The molecular formula is C15H24N4. The van der Waals surface area contributed by atoms with Crippen molar-refractivity contribution in [2.45, 2.75) is 40.0 Å². The number of anilines is 1. The van der Waals surface area contributed by atoms with Gasteiger partial charge >= 0.3 is 0 Å². The van der Waals surface area contributed by atoms with E-state index in [1.165, 1.54) is 19.3 Å². The van der Waals surface area contributed by atoms with Crippen LogP contribution in [0.3, 0.4) is 0 Å². The molecular weight excluding hydrogens is 236 g/mol. The lowest BCUT2D eigenvalue weighted by Gasteiger charge is -2.34. The largest absolute Gasteiger partial charge is 0.384 e. The molecule has 1 aromatic rings. The summed E-state index contributed by atoms with van der Waals surface area (Å²) in [5, 5.41) is 7.81. The van der Waals surface area contributed by atoms with Crippen LogP contribution in [0.4, 0.5) is 5.82 Å². The molecule has 1 aliphatic rings. The van der Waals surface area contributed by atoms with Crippen LogP contribution in [-0.4, -0.2) is 23.9 Å². The Morgan fingerprint density at radius 1 is 1.53 bits per heavy atom. The number of pyridine rings is 1. The third kappa shape index (κ3) is 2.88. The van der Waals surface area contributed by atoms with E-state index in [4.69, 9.17) is 11.1 Å². The molecule has 4 heteroatoms. The normalized spacial score (nSPS) is 19.5. The van der Waals surface area contributed by atoms with E-state index in [0.29, 0.717) is 0 Å². The fourth-order valence-corrected chi connectivity index (χ4v) is 2.97. The minimum Gasteiger partial charge on any atom is -0.384 e. The first-order valence-electron chi connectivity index (χ1n) is 7.10. The number of nitrogens with one attached hydrogen (secondary N) is 1. The van der Waals surface area contributed by atoms with Crippen LogP contribution < -0.4 is 10.6 Å². The van der Waals surface area contributed by atoms with Crippen molar-refractivity contribution in [2.24, 2.45) is 11.7 Å². The number of aromatic nitrogens is 1. The molecule has 0 bridgehead atoms. The zero-order chi connectivity index (χ0) is 14.0. The molecule has 0 aliphatic carbocycles. The van der Waals surface area contributed by atoms with Gasteiger partial charge in [0.15, 0.2) is 0 Å². The van der Waals surface area contributed by atoms with Crippen molar-refractivity contribution in [1.29, 1.82) is 5.41 Å². The van der Waals surface area contributed by atoms with Crippen LogP contribution in [0.25, 0.3) is 0 Å². The number of hydrogen-bond acceptors (Lipinski definition) is 3. The molecule has 1 unspecified atom stereocenters. The van der Waals surface area contributed by atoms with Crippen LogP contribution in [0.15, 0.2) is 6.07 Å². The van der Waals surface area contributed by atoms with Crippen molar-refractivity contribution in [1.82, 2.24) is 4.98 Å². The Bertz CT molecular complexity index is 481. The highest BCUT2D eigenvalue weighted by atomic mass is 15.2. The highest BCUT2D eigenvalue weighted by Gasteiger charge is 2.23. The monoisotopic (exact) mass is 260 g/mol. The second-order valence-corrected chi connectivity index (χ2v) is 5.56. The predicted molar refractivity (Wildman–Crippen MR) is 80.0 cm³/mol. The van der Waals surface area contributed by atoms with Gasteiger partial charge < -0.3 is 10.6 Å². The molecule has 1 fully saturated rings. The van der Waals surface area contributed by atoms with Crippen LogP contribution in [-0.2, 0) is 0 Å². The first-order valence-corrected chi connectivity index (χ1v) is 7.10. The van der Waals surface area contributed by atoms with Gasteiger partial charge in [-0.3, -0.25) is 5.41 Å². The van der Waals surface area contributed by atoms with Gasteiger partial charge in [-0.05, 0) is 44.2 Å². The van der Waals surface area contributed by atoms with Gasteiger partial charge in [0.1, 0.15) is 11.7 Å². The summed E-state index contributed by atoms with van der Waals surface area (Å²) < 4.78 is 0. The van der Waals surface area contributed by atoms with Crippen molar-refractivity contribution in [3.05, 3.63) is 22.9 Å². The minimum atomic E-state index is 0.124. The van der Waals surface area contributed by atoms with Crippen LogP contribution in [0.1, 0.15) is 43.0 Å². The van der Waals surface area contributed by atoms with Crippen molar-refractivity contribution in [2.75, 3.05) is 18.0 Å². The van der Waals surface area contributed by atoms with E-state index in [-0.39, 0.29) is 5.84 Å². The second kappa shape index (κ2) is 5.59. The first-order chi connectivity index (χ1) is 9.02. The minimum absolute atomic E-state index is 0.124. The number of aryl methyl sites for hydroxylation is 2. The van der Waals surface area contributed by atoms with Gasteiger partial charge in [0.2, 0.25) is 0 Å². The maximum absolute atomic E-state index is 7.81. The Labute approximate surface area is 115 Å². The lowest BCUT2D eigenvalue weighted by Crippen LogP contribution is -2.37. The van der Waals surface area contributed by atoms with Gasteiger partial charge in [0.25, 0.3) is 0 Å². The SMILES string of the molecule is CCC1CCCN(c2nc(C)cc(C)c2C(=N)N)C1. The Morgan fingerprint density at radius 3 is 2.89 bits per heavy atom. The van der Waals surface area contributed by atoms with Crippen molar-refractivity contribution in [3.8, 4) is 0 Å². The fraction of sp³-hybridized carbons (Fsp3) is 0.600. The van der Waals surface area contributed by atoms with E-state index in [0.717, 1.165) is 41.6 Å². The number of hydrogen-bond donors (Lipinski definition) is 2. The molecule has 4 nitrogen and oxygen atoms in total. The third-order valence-electron chi connectivity index (χ3n) is 3.99. The molecule has 1 atom stereocenters. The van der Waals surface area contributed by atoms with E-state index in [1.807, 2.05) is 19.9 Å². The van der Waals surface area contributed by atoms with Gasteiger partial charge in [-0.15, -0.1) is 0 Å². The molecule has 3 N–H and O–H groups in total. The summed E-state index contributed by atoms with van der Waals surface area (Å²) >= 11 is 0. The number of rotatable bonds is 3. The number of piperidine rings is 1. The predicted octanol–water partition coefficient (Wildman–Crippen LogP) is 2.61. The summed E-state index contributed by atoms with van der Waals surface area (Å²) in [5.74, 6) is 1.76. The van der Waals surface area contributed by atoms with E-state index in [2.05, 4.69) is 16.8 Å².